The molecule has 0 aliphatic rings. The molecule has 2 rings (SSSR count). The molecule has 2 aromatic heterocycles. The second kappa shape index (κ2) is 4.72. The number of nitrogens with zero attached hydrogens (tertiary/aromatic N) is 1. The average molecular weight is 203 g/mol. The second-order valence-corrected chi connectivity index (χ2v) is 3.28. The summed E-state index contributed by atoms with van der Waals surface area (Å²) in [6.07, 6.45) is 5.90. The van der Waals surface area contributed by atoms with Crippen molar-refractivity contribution >= 4 is 0 Å². The smallest absolute Gasteiger partial charge is 0.105 e. The van der Waals surface area contributed by atoms with E-state index in [1.165, 1.54) is 0 Å². The van der Waals surface area contributed by atoms with Crippen LogP contribution < -0.4 is 11.3 Å². The Balaban J connectivity index is 2.12. The maximum atomic E-state index is 5.51. The number of nitrogens with two attached hydrogens (primary N) is 1. The molecule has 2 aromatic rings. The van der Waals surface area contributed by atoms with E-state index in [2.05, 4.69) is 10.4 Å². The number of nitrogens with one attached hydrogen (secondary N) is 1. The first-order chi connectivity index (χ1) is 7.40. The lowest BCUT2D eigenvalue weighted by Gasteiger charge is -2.14. The summed E-state index contributed by atoms with van der Waals surface area (Å²) in [4.78, 5) is 3.97. The molecule has 1 unspecified atom stereocenters. The van der Waals surface area contributed by atoms with Gasteiger partial charge in [-0.1, -0.05) is 0 Å². The monoisotopic (exact) mass is 203 g/mol. The SMILES string of the molecule is NNC(Cc1ccco1)c1ccncc1. The Morgan fingerprint density at radius 2 is 2.13 bits per heavy atom. The Bertz CT molecular complexity index is 385. The first-order valence-electron chi connectivity index (χ1n) is 4.78. The molecule has 1 atom stereocenters. The van der Waals surface area contributed by atoms with Crippen LogP contribution in [0.1, 0.15) is 17.4 Å². The molecular weight excluding hydrogens is 190 g/mol. The van der Waals surface area contributed by atoms with Gasteiger partial charge in [0.1, 0.15) is 5.76 Å². The van der Waals surface area contributed by atoms with Crippen molar-refractivity contribution in [3.63, 3.8) is 0 Å². The molecule has 0 spiro atoms. The van der Waals surface area contributed by atoms with Crippen LogP contribution in [0.3, 0.4) is 0 Å². The molecule has 78 valence electrons. The van der Waals surface area contributed by atoms with Gasteiger partial charge in [0.25, 0.3) is 0 Å². The van der Waals surface area contributed by atoms with Crippen molar-refractivity contribution in [1.29, 1.82) is 0 Å². The second-order valence-electron chi connectivity index (χ2n) is 3.28. The Labute approximate surface area is 88.1 Å². The van der Waals surface area contributed by atoms with Crippen molar-refractivity contribution in [1.82, 2.24) is 10.4 Å². The topological polar surface area (TPSA) is 64.1 Å². The third-order valence-electron chi connectivity index (χ3n) is 2.30. The molecule has 0 radical (unpaired) electrons. The van der Waals surface area contributed by atoms with Crippen LogP contribution >= 0.6 is 0 Å². The van der Waals surface area contributed by atoms with Crippen LogP contribution in [0.5, 0.6) is 0 Å². The average Bonchev–Trinajstić information content (AvgIpc) is 2.80. The van der Waals surface area contributed by atoms with Crippen LogP contribution in [0.2, 0.25) is 0 Å². The van der Waals surface area contributed by atoms with Gasteiger partial charge in [-0.25, -0.2) is 0 Å². The molecule has 0 amide bonds. The minimum atomic E-state index is 0.0548. The van der Waals surface area contributed by atoms with Gasteiger partial charge in [-0.3, -0.25) is 16.3 Å². The fourth-order valence-corrected chi connectivity index (χ4v) is 1.50. The van der Waals surface area contributed by atoms with E-state index in [0.29, 0.717) is 0 Å². The first kappa shape index (κ1) is 9.89. The van der Waals surface area contributed by atoms with Gasteiger partial charge in [0.05, 0.1) is 12.3 Å². The Morgan fingerprint density at radius 3 is 2.73 bits per heavy atom. The summed E-state index contributed by atoms with van der Waals surface area (Å²) in [7, 11) is 0. The lowest BCUT2D eigenvalue weighted by Crippen LogP contribution is -2.29. The molecule has 0 saturated carbocycles. The Morgan fingerprint density at radius 1 is 1.33 bits per heavy atom. The molecule has 15 heavy (non-hydrogen) atoms. The summed E-state index contributed by atoms with van der Waals surface area (Å²) in [5.74, 6) is 6.42. The molecule has 4 nitrogen and oxygen atoms in total. The van der Waals surface area contributed by atoms with Crippen LogP contribution in [0.25, 0.3) is 0 Å². The molecule has 2 heterocycles. The van der Waals surface area contributed by atoms with E-state index in [4.69, 9.17) is 10.3 Å². The molecule has 0 aromatic carbocycles. The van der Waals surface area contributed by atoms with E-state index >= 15 is 0 Å². The molecule has 0 aliphatic carbocycles. The number of furan rings is 1. The molecule has 0 aliphatic heterocycles. The van der Waals surface area contributed by atoms with E-state index in [1.807, 2.05) is 24.3 Å². The number of rotatable bonds is 4. The van der Waals surface area contributed by atoms with Crippen LogP contribution in [-0.4, -0.2) is 4.98 Å². The molecular formula is C11H13N3O. The van der Waals surface area contributed by atoms with E-state index in [9.17, 15) is 0 Å². The third-order valence-corrected chi connectivity index (χ3v) is 2.30. The van der Waals surface area contributed by atoms with Gasteiger partial charge in [-0.05, 0) is 29.8 Å². The standard InChI is InChI=1S/C11H13N3O/c12-14-11(8-10-2-1-7-15-10)9-3-5-13-6-4-9/h1-7,11,14H,8,12H2. The van der Waals surface area contributed by atoms with E-state index in [-0.39, 0.29) is 6.04 Å². The highest BCUT2D eigenvalue weighted by atomic mass is 16.3. The fraction of sp³-hybridized carbons (Fsp3) is 0.182. The van der Waals surface area contributed by atoms with Crippen LogP contribution in [-0.2, 0) is 6.42 Å². The predicted molar refractivity (Wildman–Crippen MR) is 56.7 cm³/mol. The number of pyridine rings is 1. The number of hydrogen-bond donors (Lipinski definition) is 2. The summed E-state index contributed by atoms with van der Waals surface area (Å²) < 4.78 is 5.28. The predicted octanol–water partition coefficient (Wildman–Crippen LogP) is 1.42. The normalized spacial score (nSPS) is 12.6. The molecule has 0 saturated heterocycles. The van der Waals surface area contributed by atoms with Gasteiger partial charge in [0.2, 0.25) is 0 Å². The van der Waals surface area contributed by atoms with Crippen molar-refractivity contribution in [3.8, 4) is 0 Å². The Hall–Kier alpha value is -1.65. The minimum Gasteiger partial charge on any atom is -0.469 e. The van der Waals surface area contributed by atoms with Gasteiger partial charge in [0, 0.05) is 18.8 Å². The highest BCUT2D eigenvalue weighted by Crippen LogP contribution is 2.16. The lowest BCUT2D eigenvalue weighted by atomic mass is 10.0. The summed E-state index contributed by atoms with van der Waals surface area (Å²) in [5.41, 5.74) is 3.87. The summed E-state index contributed by atoms with van der Waals surface area (Å²) in [6.45, 7) is 0. The largest absolute Gasteiger partial charge is 0.469 e. The molecule has 0 bridgehead atoms. The van der Waals surface area contributed by atoms with Gasteiger partial charge in [0.15, 0.2) is 0 Å². The molecule has 0 fully saturated rings. The summed E-state index contributed by atoms with van der Waals surface area (Å²) in [5, 5.41) is 0. The first-order valence-corrected chi connectivity index (χ1v) is 4.78. The zero-order chi connectivity index (χ0) is 10.5. The van der Waals surface area contributed by atoms with Crippen molar-refractivity contribution in [2.45, 2.75) is 12.5 Å². The minimum absolute atomic E-state index is 0.0548. The highest BCUT2D eigenvalue weighted by molar-refractivity contribution is 5.17. The number of hydrazine groups is 1. The van der Waals surface area contributed by atoms with Crippen LogP contribution in [0.4, 0.5) is 0 Å². The lowest BCUT2D eigenvalue weighted by molar-refractivity contribution is 0.454. The van der Waals surface area contributed by atoms with E-state index < -0.39 is 0 Å². The quantitative estimate of drug-likeness (QED) is 0.582. The third kappa shape index (κ3) is 2.43. The van der Waals surface area contributed by atoms with E-state index in [0.717, 1.165) is 17.7 Å². The van der Waals surface area contributed by atoms with Crippen molar-refractivity contribution in [2.24, 2.45) is 5.84 Å². The van der Waals surface area contributed by atoms with Crippen LogP contribution in [0, 0.1) is 0 Å². The van der Waals surface area contributed by atoms with E-state index in [1.54, 1.807) is 18.7 Å². The van der Waals surface area contributed by atoms with Gasteiger partial charge < -0.3 is 4.42 Å². The van der Waals surface area contributed by atoms with Crippen molar-refractivity contribution in [3.05, 3.63) is 54.2 Å². The highest BCUT2D eigenvalue weighted by Gasteiger charge is 2.11. The fourth-order valence-electron chi connectivity index (χ4n) is 1.50. The van der Waals surface area contributed by atoms with Gasteiger partial charge in [-0.2, -0.15) is 0 Å². The van der Waals surface area contributed by atoms with Crippen molar-refractivity contribution in [2.75, 3.05) is 0 Å². The zero-order valence-electron chi connectivity index (χ0n) is 8.26. The summed E-state index contributed by atoms with van der Waals surface area (Å²) in [6, 6.07) is 7.74. The van der Waals surface area contributed by atoms with Gasteiger partial charge >= 0.3 is 0 Å². The van der Waals surface area contributed by atoms with Crippen LogP contribution in [0.15, 0.2) is 47.3 Å². The summed E-state index contributed by atoms with van der Waals surface area (Å²) >= 11 is 0. The maximum absolute atomic E-state index is 5.51. The number of hydrogen-bond acceptors (Lipinski definition) is 4. The van der Waals surface area contributed by atoms with Crippen molar-refractivity contribution < 1.29 is 4.42 Å². The number of aromatic nitrogens is 1. The molecule has 3 N–H and O–H groups in total. The molecule has 4 heteroatoms. The Kier molecular flexibility index (Phi) is 3.11. The maximum Gasteiger partial charge on any atom is 0.105 e. The van der Waals surface area contributed by atoms with Gasteiger partial charge in [-0.15, -0.1) is 0 Å². The zero-order valence-corrected chi connectivity index (χ0v) is 8.26.